The Bertz CT molecular complexity index is 679. The number of nitrogens with zero attached hydrogens (tertiary/aromatic N) is 4. The molecule has 4 bridgehead atoms. The van der Waals surface area contributed by atoms with Gasteiger partial charge in [0.05, 0.1) is 41.6 Å². The van der Waals surface area contributed by atoms with Gasteiger partial charge in [-0.3, -0.25) is 0 Å². The van der Waals surface area contributed by atoms with Crippen molar-refractivity contribution in [1.82, 2.24) is 19.9 Å². The number of rotatable bonds is 2. The fraction of sp³-hybridized carbons (Fsp3) is 0.556. The van der Waals surface area contributed by atoms with Crippen LogP contribution < -0.4 is 11.5 Å². The molecule has 2 aromatic heterocycles. The topological polar surface area (TPSA) is 104 Å². The van der Waals surface area contributed by atoms with Crippen molar-refractivity contribution in [3.05, 3.63) is 36.4 Å². The van der Waals surface area contributed by atoms with Gasteiger partial charge in [0.2, 0.25) is 0 Å². The largest absolute Gasteiger partial charge is 0.396 e. The summed E-state index contributed by atoms with van der Waals surface area (Å²) in [6, 6.07) is 0. The smallest absolute Gasteiger partial charge is 0.142 e. The summed E-state index contributed by atoms with van der Waals surface area (Å²) < 4.78 is 0. The third-order valence-electron chi connectivity index (χ3n) is 6.51. The van der Waals surface area contributed by atoms with E-state index >= 15 is 0 Å². The molecule has 2 aromatic rings. The second-order valence-corrected chi connectivity index (χ2v) is 7.85. The molecule has 4 aliphatic carbocycles. The van der Waals surface area contributed by atoms with Gasteiger partial charge in [-0.1, -0.05) is 0 Å². The van der Waals surface area contributed by atoms with Crippen LogP contribution in [0.2, 0.25) is 0 Å². The average Bonchev–Trinajstić information content (AvgIpc) is 2.57. The molecule has 0 radical (unpaired) electrons. The Morgan fingerprint density at radius 2 is 1.04 bits per heavy atom. The molecule has 0 atom stereocenters. The molecule has 4 N–H and O–H groups in total. The van der Waals surface area contributed by atoms with E-state index < -0.39 is 0 Å². The summed E-state index contributed by atoms with van der Waals surface area (Å²) in [5, 5.41) is 0. The first-order valence-electron chi connectivity index (χ1n) is 8.82. The van der Waals surface area contributed by atoms with Crippen LogP contribution in [0.3, 0.4) is 0 Å². The minimum absolute atomic E-state index is 0.283. The van der Waals surface area contributed by atoms with Gasteiger partial charge < -0.3 is 11.5 Å². The van der Waals surface area contributed by atoms with Crippen LogP contribution >= 0.6 is 0 Å². The number of anilines is 2. The van der Waals surface area contributed by atoms with Crippen LogP contribution in [0.1, 0.15) is 43.8 Å². The molecule has 4 fully saturated rings. The molecule has 6 rings (SSSR count). The van der Waals surface area contributed by atoms with E-state index in [9.17, 15) is 0 Å². The van der Waals surface area contributed by atoms with Gasteiger partial charge in [-0.25, -0.2) is 19.9 Å². The third-order valence-corrected chi connectivity index (χ3v) is 6.51. The van der Waals surface area contributed by atoms with Crippen LogP contribution in [0.5, 0.6) is 0 Å². The van der Waals surface area contributed by atoms with Gasteiger partial charge in [-0.05, 0) is 55.8 Å². The molecule has 6 nitrogen and oxygen atoms in total. The molecule has 0 aromatic carbocycles. The lowest BCUT2D eigenvalue weighted by Gasteiger charge is -2.59. The number of hydrogen-bond acceptors (Lipinski definition) is 6. The average molecular weight is 322 g/mol. The minimum atomic E-state index is -0.283. The summed E-state index contributed by atoms with van der Waals surface area (Å²) in [7, 11) is 0. The van der Waals surface area contributed by atoms with E-state index in [2.05, 4.69) is 19.9 Å². The highest BCUT2D eigenvalue weighted by molar-refractivity contribution is 5.38. The Kier molecular flexibility index (Phi) is 2.87. The Balaban J connectivity index is 1.72. The maximum Gasteiger partial charge on any atom is 0.142 e. The quantitative estimate of drug-likeness (QED) is 0.878. The zero-order valence-electron chi connectivity index (χ0n) is 13.6. The first kappa shape index (κ1) is 14.1. The van der Waals surface area contributed by atoms with E-state index in [0.29, 0.717) is 23.2 Å². The number of hydrogen-bond donors (Lipinski definition) is 2. The highest BCUT2D eigenvalue weighted by atomic mass is 15.0. The normalized spacial score (nSPS) is 32.8. The molecule has 0 unspecified atom stereocenters. The lowest BCUT2D eigenvalue weighted by atomic mass is 9.44. The Labute approximate surface area is 141 Å². The van der Waals surface area contributed by atoms with Gasteiger partial charge in [-0.15, -0.1) is 0 Å². The summed E-state index contributed by atoms with van der Waals surface area (Å²) in [6.07, 6.45) is 13.2. The lowest BCUT2D eigenvalue weighted by Crippen LogP contribution is -2.57. The van der Waals surface area contributed by atoms with Crippen molar-refractivity contribution in [3.63, 3.8) is 0 Å². The number of aromatic nitrogens is 4. The van der Waals surface area contributed by atoms with Gasteiger partial charge in [0.15, 0.2) is 0 Å². The maximum atomic E-state index is 5.83. The molecule has 2 heterocycles. The molecular weight excluding hydrogens is 300 g/mol. The first-order chi connectivity index (χ1) is 11.7. The summed E-state index contributed by atoms with van der Waals surface area (Å²) in [5.41, 5.74) is 12.6. The van der Waals surface area contributed by atoms with E-state index in [1.807, 2.05) is 0 Å². The maximum absolute atomic E-state index is 5.83. The minimum Gasteiger partial charge on any atom is -0.396 e. The molecule has 24 heavy (non-hydrogen) atoms. The van der Waals surface area contributed by atoms with Crippen molar-refractivity contribution in [1.29, 1.82) is 0 Å². The van der Waals surface area contributed by atoms with Crippen LogP contribution in [-0.2, 0) is 5.41 Å². The third kappa shape index (κ3) is 1.82. The molecule has 0 saturated heterocycles. The molecule has 0 spiro atoms. The number of nitrogen functional groups attached to an aromatic ring is 2. The molecule has 4 saturated carbocycles. The van der Waals surface area contributed by atoms with Crippen LogP contribution in [-0.4, -0.2) is 19.9 Å². The Morgan fingerprint density at radius 1 is 0.667 bits per heavy atom. The molecule has 4 aliphatic rings. The van der Waals surface area contributed by atoms with E-state index in [1.54, 1.807) is 24.8 Å². The lowest BCUT2D eigenvalue weighted by molar-refractivity contribution is -0.0491. The predicted octanol–water partition coefficient (Wildman–Crippen LogP) is 2.17. The predicted molar refractivity (Wildman–Crippen MR) is 90.7 cm³/mol. The molecule has 0 amide bonds. The van der Waals surface area contributed by atoms with Gasteiger partial charge in [-0.2, -0.15) is 0 Å². The fourth-order valence-corrected chi connectivity index (χ4v) is 5.86. The zero-order valence-corrected chi connectivity index (χ0v) is 13.6. The van der Waals surface area contributed by atoms with Crippen molar-refractivity contribution in [2.75, 3.05) is 11.5 Å². The van der Waals surface area contributed by atoms with Gasteiger partial charge in [0.25, 0.3) is 0 Å². The van der Waals surface area contributed by atoms with Crippen molar-refractivity contribution >= 4 is 11.4 Å². The fourth-order valence-electron chi connectivity index (χ4n) is 5.86. The van der Waals surface area contributed by atoms with Crippen LogP contribution in [0.25, 0.3) is 0 Å². The Morgan fingerprint density at radius 3 is 1.42 bits per heavy atom. The van der Waals surface area contributed by atoms with E-state index in [4.69, 9.17) is 11.5 Å². The van der Waals surface area contributed by atoms with Crippen LogP contribution in [0.4, 0.5) is 11.4 Å². The monoisotopic (exact) mass is 322 g/mol. The molecule has 6 heteroatoms. The van der Waals surface area contributed by atoms with Gasteiger partial charge in [0.1, 0.15) is 11.6 Å². The molecular formula is C18H22N6. The summed E-state index contributed by atoms with van der Waals surface area (Å²) in [6.45, 7) is 0. The van der Waals surface area contributed by atoms with E-state index in [0.717, 1.165) is 23.5 Å². The summed E-state index contributed by atoms with van der Waals surface area (Å²) in [5.74, 6) is 4.42. The summed E-state index contributed by atoms with van der Waals surface area (Å²) >= 11 is 0. The summed E-state index contributed by atoms with van der Waals surface area (Å²) in [4.78, 5) is 18.6. The molecule has 124 valence electrons. The van der Waals surface area contributed by atoms with Crippen molar-refractivity contribution in [2.24, 2.45) is 23.7 Å². The second kappa shape index (κ2) is 4.88. The van der Waals surface area contributed by atoms with Crippen molar-refractivity contribution < 1.29 is 0 Å². The SMILES string of the molecule is Nc1cnc(C2(c3ncc(N)cn3)C3CC4CC(C3)CC2C4)nc1. The van der Waals surface area contributed by atoms with Gasteiger partial charge >= 0.3 is 0 Å². The first-order valence-corrected chi connectivity index (χ1v) is 8.82. The highest BCUT2D eigenvalue weighted by Gasteiger charge is 2.61. The Hall–Kier alpha value is -2.24. The van der Waals surface area contributed by atoms with Crippen molar-refractivity contribution in [3.8, 4) is 0 Å². The second-order valence-electron chi connectivity index (χ2n) is 7.85. The van der Waals surface area contributed by atoms with Crippen molar-refractivity contribution in [2.45, 2.75) is 37.5 Å². The van der Waals surface area contributed by atoms with Crippen LogP contribution in [0.15, 0.2) is 24.8 Å². The van der Waals surface area contributed by atoms with E-state index in [1.165, 1.54) is 32.1 Å². The zero-order chi connectivity index (χ0) is 16.3. The van der Waals surface area contributed by atoms with Gasteiger partial charge in [0, 0.05) is 0 Å². The number of nitrogens with two attached hydrogens (primary N) is 2. The van der Waals surface area contributed by atoms with E-state index in [-0.39, 0.29) is 5.41 Å². The molecule has 0 aliphatic heterocycles. The highest BCUT2D eigenvalue weighted by Crippen LogP contribution is 2.63. The standard InChI is InChI=1S/C18H22N6/c19-14-6-21-16(22-7-14)18(17-23-8-15(20)9-24-17)12-2-10-1-11(4-12)5-13(18)3-10/h6-13H,1-5,19-20H2. The van der Waals surface area contributed by atoms with Crippen LogP contribution in [0, 0.1) is 23.7 Å².